The van der Waals surface area contributed by atoms with Crippen LogP contribution < -0.4 is 0 Å². The second-order valence-corrected chi connectivity index (χ2v) is 4.38. The Morgan fingerprint density at radius 2 is 2.12 bits per heavy atom. The predicted octanol–water partition coefficient (Wildman–Crippen LogP) is 0.894. The third-order valence-electron chi connectivity index (χ3n) is 3.14. The van der Waals surface area contributed by atoms with Crippen LogP contribution in [0.4, 0.5) is 8.78 Å². The molecule has 1 fully saturated rings. The topological polar surface area (TPSA) is 54.5 Å². The van der Waals surface area contributed by atoms with E-state index in [4.69, 9.17) is 0 Å². The second-order valence-electron chi connectivity index (χ2n) is 4.38. The second kappa shape index (κ2) is 5.84. The van der Waals surface area contributed by atoms with Crippen LogP contribution in [-0.2, 0) is 14.4 Å². The first kappa shape index (κ1) is 13.7. The monoisotopic (exact) mass is 247 g/mol. The molecule has 0 aromatic carbocycles. The molecular weight excluding hydrogens is 232 g/mol. The lowest BCUT2D eigenvalue weighted by atomic mass is 9.82. The van der Waals surface area contributed by atoms with Gasteiger partial charge in [0.15, 0.2) is 0 Å². The number of hydrogen-bond donors (Lipinski definition) is 0. The number of carbonyl (C=O) groups excluding carboxylic acids is 3. The largest absolute Gasteiger partial charge is 0.345 e. The number of rotatable bonds is 5. The summed E-state index contributed by atoms with van der Waals surface area (Å²) in [7, 11) is 0. The molecule has 2 unspecified atom stereocenters. The van der Waals surface area contributed by atoms with Crippen LogP contribution in [0.2, 0.25) is 0 Å². The van der Waals surface area contributed by atoms with Crippen LogP contribution >= 0.6 is 0 Å². The van der Waals surface area contributed by atoms with Crippen LogP contribution in [0.25, 0.3) is 0 Å². The maximum Gasteiger partial charge on any atom is 0.296 e. The average molecular weight is 247 g/mol. The zero-order chi connectivity index (χ0) is 13.0. The Hall–Kier alpha value is -1.33. The van der Waals surface area contributed by atoms with Gasteiger partial charge in [0, 0.05) is 19.0 Å². The fraction of sp³-hybridized carbons (Fsp3) is 0.727. The highest BCUT2D eigenvalue weighted by atomic mass is 19.3. The normalized spacial score (nSPS) is 24.8. The van der Waals surface area contributed by atoms with Crippen LogP contribution in [0.5, 0.6) is 0 Å². The average Bonchev–Trinajstić information content (AvgIpc) is 2.29. The van der Waals surface area contributed by atoms with E-state index in [1.54, 1.807) is 0 Å². The van der Waals surface area contributed by atoms with E-state index < -0.39 is 30.3 Å². The highest BCUT2D eigenvalue weighted by Crippen LogP contribution is 2.24. The number of nitrogens with zero attached hydrogens (tertiary/aromatic N) is 1. The zero-order valence-electron chi connectivity index (χ0n) is 9.57. The number of amides is 1. The highest BCUT2D eigenvalue weighted by Gasteiger charge is 2.33. The molecule has 0 saturated carbocycles. The van der Waals surface area contributed by atoms with E-state index in [2.05, 4.69) is 0 Å². The van der Waals surface area contributed by atoms with E-state index in [1.165, 1.54) is 4.90 Å². The number of Topliss-reactive ketones (excluding diaryl/α,β-unsaturated/α-hetero) is 2. The van der Waals surface area contributed by atoms with Gasteiger partial charge in [-0.2, -0.15) is 0 Å². The van der Waals surface area contributed by atoms with Crippen LogP contribution in [0.3, 0.4) is 0 Å². The Bertz CT molecular complexity index is 320. The van der Waals surface area contributed by atoms with E-state index >= 15 is 0 Å². The van der Waals surface area contributed by atoms with Crippen molar-refractivity contribution in [2.24, 2.45) is 11.8 Å². The first-order chi connectivity index (χ1) is 7.95. The Kier molecular flexibility index (Phi) is 4.72. The minimum absolute atomic E-state index is 0.0178. The molecule has 0 bridgehead atoms. The summed E-state index contributed by atoms with van der Waals surface area (Å²) in [5, 5.41) is 0. The van der Waals surface area contributed by atoms with Crippen molar-refractivity contribution in [2.75, 3.05) is 13.1 Å². The predicted molar refractivity (Wildman–Crippen MR) is 55.5 cm³/mol. The third-order valence-corrected chi connectivity index (χ3v) is 3.14. The lowest BCUT2D eigenvalue weighted by Crippen LogP contribution is -2.43. The molecule has 0 aromatic rings. The smallest absolute Gasteiger partial charge is 0.296 e. The summed E-state index contributed by atoms with van der Waals surface area (Å²) in [4.78, 5) is 34.5. The van der Waals surface area contributed by atoms with Crippen LogP contribution in [0.1, 0.15) is 19.8 Å². The quantitative estimate of drug-likeness (QED) is 0.535. The highest BCUT2D eigenvalue weighted by molar-refractivity contribution is 6.01. The summed E-state index contributed by atoms with van der Waals surface area (Å²) in [5.41, 5.74) is 0. The van der Waals surface area contributed by atoms with E-state index in [1.807, 2.05) is 6.92 Å². The van der Waals surface area contributed by atoms with Gasteiger partial charge in [0.25, 0.3) is 6.43 Å². The molecule has 0 aromatic heterocycles. The molecule has 96 valence electrons. The number of alkyl halides is 2. The standard InChI is InChI=1S/C11H15F2NO3/c1-7-2-3-14(6-15)5-8(7)9(16)4-10(17)11(12)13/h6-8,11H,2-5H2,1H3. The van der Waals surface area contributed by atoms with Gasteiger partial charge in [-0.1, -0.05) is 6.92 Å². The van der Waals surface area contributed by atoms with Gasteiger partial charge in [-0.25, -0.2) is 8.78 Å². The Morgan fingerprint density at radius 1 is 1.47 bits per heavy atom. The van der Waals surface area contributed by atoms with Crippen molar-refractivity contribution in [3.05, 3.63) is 0 Å². The first-order valence-corrected chi connectivity index (χ1v) is 5.48. The van der Waals surface area contributed by atoms with Gasteiger partial charge in [-0.3, -0.25) is 14.4 Å². The summed E-state index contributed by atoms with van der Waals surface area (Å²) in [6.07, 6.45) is -2.54. The molecular formula is C11H15F2NO3. The van der Waals surface area contributed by atoms with Crippen molar-refractivity contribution >= 4 is 18.0 Å². The molecule has 1 aliphatic rings. The number of ketones is 2. The number of hydrogen-bond acceptors (Lipinski definition) is 3. The summed E-state index contributed by atoms with van der Waals surface area (Å²) in [5.74, 6) is -2.32. The molecule has 1 heterocycles. The minimum Gasteiger partial charge on any atom is -0.345 e. The maximum absolute atomic E-state index is 12.0. The first-order valence-electron chi connectivity index (χ1n) is 5.48. The van der Waals surface area contributed by atoms with Crippen LogP contribution in [-0.4, -0.2) is 42.4 Å². The minimum atomic E-state index is -3.10. The van der Waals surface area contributed by atoms with Crippen molar-refractivity contribution in [1.29, 1.82) is 0 Å². The summed E-state index contributed by atoms with van der Waals surface area (Å²) < 4.78 is 24.1. The number of piperidine rings is 1. The van der Waals surface area contributed by atoms with E-state index in [-0.39, 0.29) is 12.5 Å². The summed E-state index contributed by atoms with van der Waals surface area (Å²) in [6.45, 7) is 2.62. The van der Waals surface area contributed by atoms with Gasteiger partial charge in [0.2, 0.25) is 12.2 Å². The summed E-state index contributed by atoms with van der Waals surface area (Å²) >= 11 is 0. The Morgan fingerprint density at radius 3 is 2.65 bits per heavy atom. The van der Waals surface area contributed by atoms with Gasteiger partial charge in [0.05, 0.1) is 6.42 Å². The molecule has 4 nitrogen and oxygen atoms in total. The van der Waals surface area contributed by atoms with Crippen molar-refractivity contribution in [2.45, 2.75) is 26.2 Å². The van der Waals surface area contributed by atoms with Gasteiger partial charge in [-0.15, -0.1) is 0 Å². The Labute approximate surface area is 98.0 Å². The fourth-order valence-corrected chi connectivity index (χ4v) is 1.99. The third kappa shape index (κ3) is 3.57. The van der Waals surface area contributed by atoms with Gasteiger partial charge in [-0.05, 0) is 12.3 Å². The number of carbonyl (C=O) groups is 3. The molecule has 2 atom stereocenters. The fourth-order valence-electron chi connectivity index (χ4n) is 1.99. The maximum atomic E-state index is 12.0. The molecule has 1 saturated heterocycles. The Balaban J connectivity index is 2.60. The molecule has 0 N–H and O–H groups in total. The van der Waals surface area contributed by atoms with Crippen molar-refractivity contribution in [1.82, 2.24) is 4.90 Å². The summed E-state index contributed by atoms with van der Waals surface area (Å²) in [6, 6.07) is 0. The molecule has 1 rings (SSSR count). The van der Waals surface area contributed by atoms with Crippen molar-refractivity contribution in [3.8, 4) is 0 Å². The van der Waals surface area contributed by atoms with E-state index in [9.17, 15) is 23.2 Å². The van der Waals surface area contributed by atoms with Crippen LogP contribution in [0.15, 0.2) is 0 Å². The van der Waals surface area contributed by atoms with E-state index in [0.29, 0.717) is 19.4 Å². The zero-order valence-corrected chi connectivity index (χ0v) is 9.57. The molecule has 17 heavy (non-hydrogen) atoms. The molecule has 0 spiro atoms. The lowest BCUT2D eigenvalue weighted by molar-refractivity contribution is -0.137. The van der Waals surface area contributed by atoms with Crippen molar-refractivity contribution in [3.63, 3.8) is 0 Å². The van der Waals surface area contributed by atoms with Crippen molar-refractivity contribution < 1.29 is 23.2 Å². The molecule has 1 amide bonds. The number of halogens is 2. The molecule has 1 aliphatic heterocycles. The SMILES string of the molecule is CC1CCN(C=O)CC1C(=O)CC(=O)C(F)F. The molecule has 0 aliphatic carbocycles. The molecule has 0 radical (unpaired) electrons. The molecule has 6 heteroatoms. The van der Waals surface area contributed by atoms with Gasteiger partial charge in [0.1, 0.15) is 5.78 Å². The van der Waals surface area contributed by atoms with Gasteiger partial charge < -0.3 is 4.90 Å². The van der Waals surface area contributed by atoms with E-state index in [0.717, 1.165) is 0 Å². The van der Waals surface area contributed by atoms with Gasteiger partial charge >= 0.3 is 0 Å². The number of likely N-dealkylation sites (tertiary alicyclic amines) is 1. The van der Waals surface area contributed by atoms with Crippen LogP contribution in [0, 0.1) is 11.8 Å². The lowest BCUT2D eigenvalue weighted by Gasteiger charge is -2.33.